The Morgan fingerprint density at radius 3 is 1.59 bits per heavy atom. The van der Waals surface area contributed by atoms with Crippen LogP contribution in [0.25, 0.3) is 27.5 Å². The number of hydrogen-bond donors (Lipinski definition) is 0. The molecule has 0 saturated heterocycles. The zero-order valence-electron chi connectivity index (χ0n) is 21.3. The summed E-state index contributed by atoms with van der Waals surface area (Å²) in [5.74, 6) is 1.89. The minimum Gasteiger partial charge on any atom is -0.457 e. The summed E-state index contributed by atoms with van der Waals surface area (Å²) in [6.45, 7) is 0. The fourth-order valence-corrected chi connectivity index (χ4v) is 11.5. The molecular weight excluding hydrogens is 490 g/mol. The maximum Gasteiger partial charge on any atom is 0.188 e. The minimum atomic E-state index is -2.63. The number of rotatable bonds is 3. The van der Waals surface area contributed by atoms with E-state index in [-0.39, 0.29) is 0 Å². The first kappa shape index (κ1) is 22.2. The number of nitrogens with zero attached hydrogens (tertiary/aromatic N) is 1. The lowest BCUT2D eigenvalue weighted by Gasteiger charge is -2.39. The summed E-state index contributed by atoms with van der Waals surface area (Å²) in [5, 5.41) is 7.81. The predicted molar refractivity (Wildman–Crippen MR) is 164 cm³/mol. The van der Waals surface area contributed by atoms with Crippen LogP contribution in [0.3, 0.4) is 0 Å². The molecule has 0 aliphatic carbocycles. The van der Waals surface area contributed by atoms with E-state index in [4.69, 9.17) is 4.74 Å². The molecule has 2 nitrogen and oxygen atoms in total. The third kappa shape index (κ3) is 3.14. The molecule has 1 aromatic heterocycles. The summed E-state index contributed by atoms with van der Waals surface area (Å²) in [7, 11) is -2.63. The van der Waals surface area contributed by atoms with Crippen molar-refractivity contribution >= 4 is 50.6 Å². The van der Waals surface area contributed by atoms with E-state index in [1.807, 2.05) is 0 Å². The third-order valence-corrected chi connectivity index (χ3v) is 13.0. The summed E-state index contributed by atoms with van der Waals surface area (Å²) in [6.07, 6.45) is 0. The average molecular weight is 516 g/mol. The van der Waals surface area contributed by atoms with E-state index in [0.29, 0.717) is 0 Å². The lowest BCUT2D eigenvalue weighted by molar-refractivity contribution is 0.487. The molecule has 0 saturated carbocycles. The van der Waals surface area contributed by atoms with E-state index in [0.717, 1.165) is 17.2 Å². The van der Waals surface area contributed by atoms with Crippen LogP contribution < -0.4 is 25.5 Å². The second kappa shape index (κ2) is 8.59. The van der Waals surface area contributed by atoms with Gasteiger partial charge in [-0.05, 0) is 45.0 Å². The van der Waals surface area contributed by atoms with Crippen LogP contribution >= 0.6 is 0 Å². The van der Waals surface area contributed by atoms with Gasteiger partial charge in [0.2, 0.25) is 0 Å². The molecule has 7 aromatic rings. The van der Waals surface area contributed by atoms with Crippen molar-refractivity contribution in [3.63, 3.8) is 0 Å². The molecule has 0 unspecified atom stereocenters. The van der Waals surface area contributed by atoms with Gasteiger partial charge in [0.1, 0.15) is 11.5 Å². The van der Waals surface area contributed by atoms with Gasteiger partial charge in [-0.1, -0.05) is 121 Å². The van der Waals surface area contributed by atoms with E-state index in [1.165, 1.54) is 42.6 Å². The SMILES string of the molecule is c1ccc([Si]2(c3ccccc3)c3ccccc3Oc3cc(-n4c5ccccc5c5ccccc54)ccc32)cc1. The number of aromatic nitrogens is 1. The van der Waals surface area contributed by atoms with Gasteiger partial charge in [-0.25, -0.2) is 0 Å². The number of fused-ring (bicyclic) bond motifs is 5. The first-order valence-corrected chi connectivity index (χ1v) is 15.4. The van der Waals surface area contributed by atoms with Gasteiger partial charge in [0.05, 0.1) is 11.0 Å². The molecule has 2 heterocycles. The van der Waals surface area contributed by atoms with Gasteiger partial charge in [-0.2, -0.15) is 0 Å². The summed E-state index contributed by atoms with van der Waals surface area (Å²) >= 11 is 0. The summed E-state index contributed by atoms with van der Waals surface area (Å²) < 4.78 is 9.12. The highest BCUT2D eigenvalue weighted by Gasteiger charge is 2.47. The van der Waals surface area contributed by atoms with Crippen molar-refractivity contribution in [2.24, 2.45) is 0 Å². The maximum atomic E-state index is 6.76. The monoisotopic (exact) mass is 515 g/mol. The predicted octanol–water partition coefficient (Wildman–Crippen LogP) is 6.27. The third-order valence-electron chi connectivity index (χ3n) is 8.13. The highest BCUT2D eigenvalue weighted by molar-refractivity contribution is 7.20. The quantitative estimate of drug-likeness (QED) is 0.253. The number of benzene rings is 6. The Labute approximate surface area is 228 Å². The molecule has 0 amide bonds. The zero-order valence-corrected chi connectivity index (χ0v) is 22.3. The molecule has 0 fully saturated rings. The van der Waals surface area contributed by atoms with Gasteiger partial charge >= 0.3 is 0 Å². The van der Waals surface area contributed by atoms with Crippen molar-refractivity contribution in [1.29, 1.82) is 0 Å². The second-order valence-electron chi connectivity index (χ2n) is 10.1. The number of hydrogen-bond acceptors (Lipinski definition) is 1. The van der Waals surface area contributed by atoms with Crippen LogP contribution in [0.2, 0.25) is 0 Å². The van der Waals surface area contributed by atoms with E-state index in [2.05, 4.69) is 156 Å². The molecule has 0 bridgehead atoms. The molecule has 1 aliphatic rings. The van der Waals surface area contributed by atoms with Gasteiger partial charge in [0.25, 0.3) is 0 Å². The Balaban J connectivity index is 1.46. The van der Waals surface area contributed by atoms with Crippen molar-refractivity contribution in [3.8, 4) is 17.2 Å². The molecule has 1 aliphatic heterocycles. The molecule has 0 radical (unpaired) electrons. The molecule has 39 heavy (non-hydrogen) atoms. The molecule has 8 rings (SSSR count). The molecule has 6 aromatic carbocycles. The first-order chi connectivity index (χ1) is 19.4. The van der Waals surface area contributed by atoms with Gasteiger partial charge < -0.3 is 9.30 Å². The highest BCUT2D eigenvalue weighted by atomic mass is 28.3. The van der Waals surface area contributed by atoms with Gasteiger partial charge in [-0.3, -0.25) is 0 Å². The zero-order chi connectivity index (χ0) is 25.8. The van der Waals surface area contributed by atoms with Crippen LogP contribution in [0.4, 0.5) is 0 Å². The first-order valence-electron chi connectivity index (χ1n) is 13.4. The summed E-state index contributed by atoms with van der Waals surface area (Å²) in [5.41, 5.74) is 3.50. The van der Waals surface area contributed by atoms with Gasteiger partial charge in [-0.15, -0.1) is 0 Å². The Bertz CT molecular complexity index is 1900. The second-order valence-corrected chi connectivity index (χ2v) is 13.9. The fraction of sp³-hybridized carbons (Fsp3) is 0. The van der Waals surface area contributed by atoms with Gasteiger partial charge in [0, 0.05) is 22.5 Å². The lowest BCUT2D eigenvalue weighted by atomic mass is 10.2. The van der Waals surface area contributed by atoms with Crippen LogP contribution in [0.5, 0.6) is 11.5 Å². The van der Waals surface area contributed by atoms with Crippen LogP contribution in [-0.4, -0.2) is 12.6 Å². The van der Waals surface area contributed by atoms with Gasteiger partial charge in [0.15, 0.2) is 8.07 Å². The summed E-state index contributed by atoms with van der Waals surface area (Å²) in [4.78, 5) is 0. The Morgan fingerprint density at radius 1 is 0.436 bits per heavy atom. The van der Waals surface area contributed by atoms with Crippen molar-refractivity contribution in [1.82, 2.24) is 4.57 Å². The van der Waals surface area contributed by atoms with Crippen molar-refractivity contribution in [2.75, 3.05) is 0 Å². The molecular formula is C36H25NOSi. The Kier molecular flexibility index (Phi) is 4.88. The highest BCUT2D eigenvalue weighted by Crippen LogP contribution is 2.35. The fourth-order valence-electron chi connectivity index (χ4n) is 6.54. The van der Waals surface area contributed by atoms with Crippen molar-refractivity contribution < 1.29 is 4.74 Å². The average Bonchev–Trinajstić information content (AvgIpc) is 3.35. The molecule has 0 atom stereocenters. The smallest absolute Gasteiger partial charge is 0.188 e. The lowest BCUT2D eigenvalue weighted by Crippen LogP contribution is -2.76. The number of para-hydroxylation sites is 3. The van der Waals surface area contributed by atoms with Crippen LogP contribution in [0, 0.1) is 0 Å². The van der Waals surface area contributed by atoms with Crippen LogP contribution in [0.15, 0.2) is 152 Å². The minimum absolute atomic E-state index is 0.937. The topological polar surface area (TPSA) is 14.2 Å². The normalized spacial score (nSPS) is 13.5. The van der Waals surface area contributed by atoms with Crippen LogP contribution in [-0.2, 0) is 0 Å². The maximum absolute atomic E-state index is 6.76. The molecule has 0 N–H and O–H groups in total. The van der Waals surface area contributed by atoms with E-state index >= 15 is 0 Å². The largest absolute Gasteiger partial charge is 0.457 e. The van der Waals surface area contributed by atoms with Crippen LogP contribution in [0.1, 0.15) is 0 Å². The molecule has 0 spiro atoms. The molecule has 184 valence electrons. The van der Waals surface area contributed by atoms with E-state index in [1.54, 1.807) is 0 Å². The van der Waals surface area contributed by atoms with E-state index < -0.39 is 8.07 Å². The Hall–Kier alpha value is -4.86. The Morgan fingerprint density at radius 2 is 0.949 bits per heavy atom. The summed E-state index contributed by atoms with van der Waals surface area (Å²) in [6, 6.07) is 54.8. The van der Waals surface area contributed by atoms with Crippen molar-refractivity contribution in [2.45, 2.75) is 0 Å². The van der Waals surface area contributed by atoms with E-state index in [9.17, 15) is 0 Å². The standard InChI is InChI=1S/C36H25NOSi/c1-3-13-27(14-4-1)39(28-15-5-2-6-16-28)35-22-12-11-21-33(35)38-34-25-26(23-24-36(34)39)37-31-19-9-7-17-29(31)30-18-8-10-20-32(30)37/h1-25H. The van der Waals surface area contributed by atoms with Crippen molar-refractivity contribution in [3.05, 3.63) is 152 Å². The molecule has 3 heteroatoms. The number of ether oxygens (including phenoxy) is 1.